The quantitative estimate of drug-likeness (QED) is 0.783. The number of aromatic hydroxyl groups is 1. The molecule has 1 fully saturated rings. The zero-order chi connectivity index (χ0) is 16.8. The molecular formula is C18H19FN4O. The molecule has 4 rings (SSSR count). The van der Waals surface area contributed by atoms with Crippen LogP contribution in [0, 0.1) is 5.82 Å². The Labute approximate surface area is 139 Å². The van der Waals surface area contributed by atoms with Gasteiger partial charge in [-0.2, -0.15) is 0 Å². The Morgan fingerprint density at radius 3 is 2.71 bits per heavy atom. The number of phenols is 1. The fraction of sp³-hybridized carbons (Fsp3) is 0.333. The first-order chi connectivity index (χ1) is 11.6. The zero-order valence-corrected chi connectivity index (χ0v) is 13.7. The number of hydrogen-bond acceptors (Lipinski definition) is 4. The third-order valence-corrected chi connectivity index (χ3v) is 4.80. The molecular weight excluding hydrogens is 307 g/mol. The van der Waals surface area contributed by atoms with Crippen molar-refractivity contribution in [1.29, 1.82) is 0 Å². The molecule has 1 saturated heterocycles. The minimum absolute atomic E-state index is 0.0168. The Hall–Kier alpha value is -2.63. The van der Waals surface area contributed by atoms with E-state index in [9.17, 15) is 9.50 Å². The van der Waals surface area contributed by atoms with Crippen molar-refractivity contribution >= 4 is 16.9 Å². The molecule has 5 nitrogen and oxygen atoms in total. The number of halogens is 1. The minimum Gasteiger partial charge on any atom is -0.506 e. The van der Waals surface area contributed by atoms with Crippen LogP contribution >= 0.6 is 0 Å². The summed E-state index contributed by atoms with van der Waals surface area (Å²) >= 11 is 0. The van der Waals surface area contributed by atoms with Gasteiger partial charge in [0.25, 0.3) is 0 Å². The average molecular weight is 326 g/mol. The molecule has 0 radical (unpaired) electrons. The molecule has 0 amide bonds. The van der Waals surface area contributed by atoms with Crippen molar-refractivity contribution in [1.82, 2.24) is 14.5 Å². The van der Waals surface area contributed by atoms with Crippen LogP contribution in [-0.4, -0.2) is 32.2 Å². The van der Waals surface area contributed by atoms with E-state index in [4.69, 9.17) is 0 Å². The number of benzene rings is 1. The molecule has 0 saturated carbocycles. The maximum atomic E-state index is 14.0. The molecule has 1 N–H and O–H groups in total. The van der Waals surface area contributed by atoms with Gasteiger partial charge in [-0.1, -0.05) is 0 Å². The molecule has 24 heavy (non-hydrogen) atoms. The minimum atomic E-state index is -0.444. The number of fused-ring (bicyclic) bond motifs is 1. The van der Waals surface area contributed by atoms with E-state index in [-0.39, 0.29) is 11.3 Å². The standard InChI is InChI=1S/C18H19FN4O/c1-11-4-3-9-23(11)15-8-5-12(10-20-15)18-21-16-13(19)6-7-14(24)17(16)22(18)2/h5-8,10-11,24H,3-4,9H2,1-2H3. The van der Waals surface area contributed by atoms with Gasteiger partial charge in [-0.3, -0.25) is 0 Å². The van der Waals surface area contributed by atoms with Crippen molar-refractivity contribution in [3.8, 4) is 17.1 Å². The van der Waals surface area contributed by atoms with Crippen LogP contribution in [0.4, 0.5) is 10.2 Å². The molecule has 1 unspecified atom stereocenters. The van der Waals surface area contributed by atoms with Crippen LogP contribution in [0.5, 0.6) is 5.75 Å². The van der Waals surface area contributed by atoms with Gasteiger partial charge in [0.15, 0.2) is 5.82 Å². The van der Waals surface area contributed by atoms with Gasteiger partial charge < -0.3 is 14.6 Å². The topological polar surface area (TPSA) is 54.2 Å². The number of imidazole rings is 1. The van der Waals surface area contributed by atoms with Gasteiger partial charge in [0.05, 0.1) is 0 Å². The highest BCUT2D eigenvalue weighted by atomic mass is 19.1. The van der Waals surface area contributed by atoms with E-state index in [1.54, 1.807) is 17.8 Å². The van der Waals surface area contributed by atoms with Gasteiger partial charge in [0.2, 0.25) is 0 Å². The van der Waals surface area contributed by atoms with Crippen molar-refractivity contribution in [2.45, 2.75) is 25.8 Å². The van der Waals surface area contributed by atoms with E-state index in [0.29, 0.717) is 17.4 Å². The summed E-state index contributed by atoms with van der Waals surface area (Å²) in [6, 6.07) is 7.00. The Bertz CT molecular complexity index is 904. The predicted octanol–water partition coefficient (Wildman–Crippen LogP) is 3.47. The van der Waals surface area contributed by atoms with E-state index >= 15 is 0 Å². The Morgan fingerprint density at radius 2 is 2.08 bits per heavy atom. The summed E-state index contributed by atoms with van der Waals surface area (Å²) in [5.41, 5.74) is 1.36. The summed E-state index contributed by atoms with van der Waals surface area (Å²) < 4.78 is 15.7. The smallest absolute Gasteiger partial charge is 0.151 e. The van der Waals surface area contributed by atoms with Gasteiger partial charge in [-0.05, 0) is 44.0 Å². The van der Waals surface area contributed by atoms with Crippen LogP contribution < -0.4 is 4.90 Å². The molecule has 1 atom stereocenters. The molecule has 6 heteroatoms. The maximum Gasteiger partial charge on any atom is 0.151 e. The summed E-state index contributed by atoms with van der Waals surface area (Å²) in [4.78, 5) is 11.2. The van der Waals surface area contributed by atoms with E-state index in [2.05, 4.69) is 21.8 Å². The molecule has 2 aromatic heterocycles. The van der Waals surface area contributed by atoms with Gasteiger partial charge in [0.1, 0.15) is 28.4 Å². The molecule has 1 aliphatic heterocycles. The molecule has 124 valence electrons. The Kier molecular flexibility index (Phi) is 3.40. The van der Waals surface area contributed by atoms with Crippen LogP contribution in [-0.2, 0) is 7.05 Å². The Morgan fingerprint density at radius 1 is 1.25 bits per heavy atom. The van der Waals surface area contributed by atoms with Crippen LogP contribution in [0.1, 0.15) is 19.8 Å². The van der Waals surface area contributed by atoms with Crippen LogP contribution in [0.3, 0.4) is 0 Å². The van der Waals surface area contributed by atoms with Crippen molar-refractivity contribution in [3.05, 3.63) is 36.3 Å². The third-order valence-electron chi connectivity index (χ3n) is 4.80. The lowest BCUT2D eigenvalue weighted by Gasteiger charge is -2.22. The second kappa shape index (κ2) is 5.47. The predicted molar refractivity (Wildman–Crippen MR) is 91.6 cm³/mol. The van der Waals surface area contributed by atoms with E-state index in [1.165, 1.54) is 25.0 Å². The lowest BCUT2D eigenvalue weighted by Crippen LogP contribution is -2.26. The molecule has 0 aliphatic carbocycles. The largest absolute Gasteiger partial charge is 0.506 e. The molecule has 3 aromatic rings. The highest BCUT2D eigenvalue weighted by molar-refractivity contribution is 5.86. The number of hydrogen-bond donors (Lipinski definition) is 1. The number of anilines is 1. The number of aromatic nitrogens is 3. The first-order valence-corrected chi connectivity index (χ1v) is 8.13. The molecule has 0 spiro atoms. The lowest BCUT2D eigenvalue weighted by atomic mass is 10.2. The summed E-state index contributed by atoms with van der Waals surface area (Å²) in [6.07, 6.45) is 4.14. The number of aryl methyl sites for hydroxylation is 1. The average Bonchev–Trinajstić information content (AvgIpc) is 3.16. The summed E-state index contributed by atoms with van der Waals surface area (Å²) in [6.45, 7) is 3.23. The van der Waals surface area contributed by atoms with Crippen molar-refractivity contribution < 1.29 is 9.50 Å². The van der Waals surface area contributed by atoms with Gasteiger partial charge >= 0.3 is 0 Å². The highest BCUT2D eigenvalue weighted by Crippen LogP contribution is 2.31. The molecule has 0 bridgehead atoms. The zero-order valence-electron chi connectivity index (χ0n) is 13.7. The normalized spacial score (nSPS) is 17.8. The van der Waals surface area contributed by atoms with E-state index in [0.717, 1.165) is 17.9 Å². The monoisotopic (exact) mass is 326 g/mol. The SMILES string of the molecule is CC1CCCN1c1ccc(-c2nc3c(F)ccc(O)c3n2C)cn1. The van der Waals surface area contributed by atoms with E-state index < -0.39 is 5.82 Å². The maximum absolute atomic E-state index is 14.0. The second-order valence-corrected chi connectivity index (χ2v) is 6.35. The first-order valence-electron chi connectivity index (χ1n) is 8.13. The van der Waals surface area contributed by atoms with Crippen molar-refractivity contribution in [2.75, 3.05) is 11.4 Å². The van der Waals surface area contributed by atoms with E-state index in [1.807, 2.05) is 12.1 Å². The van der Waals surface area contributed by atoms with Gasteiger partial charge in [-0.25, -0.2) is 14.4 Å². The number of phenolic OH excluding ortho intramolecular Hbond substituents is 1. The molecule has 3 heterocycles. The first kappa shape index (κ1) is 14.9. The third kappa shape index (κ3) is 2.21. The van der Waals surface area contributed by atoms with Crippen LogP contribution in [0.25, 0.3) is 22.4 Å². The van der Waals surface area contributed by atoms with Gasteiger partial charge in [0, 0.05) is 31.4 Å². The fourth-order valence-corrected chi connectivity index (χ4v) is 3.49. The molecule has 1 aromatic carbocycles. The summed E-state index contributed by atoms with van der Waals surface area (Å²) in [5, 5.41) is 10.0. The number of rotatable bonds is 2. The summed E-state index contributed by atoms with van der Waals surface area (Å²) in [7, 11) is 1.76. The highest BCUT2D eigenvalue weighted by Gasteiger charge is 2.22. The fourth-order valence-electron chi connectivity index (χ4n) is 3.49. The summed E-state index contributed by atoms with van der Waals surface area (Å²) in [5.74, 6) is 1.11. The Balaban J connectivity index is 1.76. The molecule has 1 aliphatic rings. The second-order valence-electron chi connectivity index (χ2n) is 6.35. The lowest BCUT2D eigenvalue weighted by molar-refractivity contribution is 0.477. The van der Waals surface area contributed by atoms with Crippen LogP contribution in [0.2, 0.25) is 0 Å². The van der Waals surface area contributed by atoms with Crippen molar-refractivity contribution in [2.24, 2.45) is 7.05 Å². The van der Waals surface area contributed by atoms with Crippen molar-refractivity contribution in [3.63, 3.8) is 0 Å². The van der Waals surface area contributed by atoms with Crippen LogP contribution in [0.15, 0.2) is 30.5 Å². The number of nitrogens with zero attached hydrogens (tertiary/aromatic N) is 4. The number of pyridine rings is 1. The van der Waals surface area contributed by atoms with Gasteiger partial charge in [-0.15, -0.1) is 0 Å².